The quantitative estimate of drug-likeness (QED) is 0.255. The van der Waals surface area contributed by atoms with E-state index in [0.29, 0.717) is 5.56 Å². The van der Waals surface area contributed by atoms with Crippen LogP contribution in [0.5, 0.6) is 0 Å². The fourth-order valence-electron chi connectivity index (χ4n) is 3.92. The van der Waals surface area contributed by atoms with Gasteiger partial charge in [-0.2, -0.15) is 18.1 Å². The molecule has 0 bridgehead atoms. The van der Waals surface area contributed by atoms with E-state index in [9.17, 15) is 37.1 Å². The minimum Gasteiger partial charge on any atom is -0.464 e. The number of alkyl halides is 3. The molecule has 1 fully saturated rings. The molecule has 2 rings (SSSR count). The Balaban J connectivity index is 2.60. The van der Waals surface area contributed by atoms with Crippen molar-refractivity contribution in [3.05, 3.63) is 47.7 Å². The van der Waals surface area contributed by atoms with E-state index in [1.807, 2.05) is 0 Å². The fraction of sp³-hybridized carbons (Fsp3) is 0.536. The van der Waals surface area contributed by atoms with E-state index >= 15 is 0 Å². The van der Waals surface area contributed by atoms with Crippen molar-refractivity contribution in [2.45, 2.75) is 90.5 Å². The number of esters is 2. The lowest BCUT2D eigenvalue weighted by Gasteiger charge is -2.31. The van der Waals surface area contributed by atoms with Crippen LogP contribution < -0.4 is 0 Å². The normalized spacial score (nSPS) is 17.8. The van der Waals surface area contributed by atoms with E-state index in [1.54, 1.807) is 30.3 Å². The maximum atomic E-state index is 13.7. The molecule has 1 saturated heterocycles. The van der Waals surface area contributed by atoms with Gasteiger partial charge in [-0.15, -0.1) is 0 Å². The maximum absolute atomic E-state index is 13.7. The average Bonchev–Trinajstić information content (AvgIpc) is 3.27. The lowest BCUT2D eigenvalue weighted by molar-refractivity contribution is -0.191. The number of rotatable bonds is 6. The van der Waals surface area contributed by atoms with Crippen LogP contribution in [0, 0.1) is 0 Å². The third-order valence-corrected chi connectivity index (χ3v) is 5.53. The van der Waals surface area contributed by atoms with Crippen LogP contribution in [0.25, 0.3) is 0 Å². The predicted molar refractivity (Wildman–Crippen MR) is 140 cm³/mol. The fourth-order valence-corrected chi connectivity index (χ4v) is 3.92. The zero-order valence-corrected chi connectivity index (χ0v) is 24.4. The van der Waals surface area contributed by atoms with Crippen molar-refractivity contribution in [3.63, 3.8) is 0 Å². The Morgan fingerprint density at radius 1 is 0.905 bits per heavy atom. The Kier molecular flexibility index (Phi) is 10.8. The Hall–Kier alpha value is -4.10. The highest BCUT2D eigenvalue weighted by Gasteiger charge is 2.52. The van der Waals surface area contributed by atoms with Crippen molar-refractivity contribution in [3.8, 4) is 0 Å². The van der Waals surface area contributed by atoms with Gasteiger partial charge >= 0.3 is 36.2 Å². The molecule has 0 saturated carbocycles. The van der Waals surface area contributed by atoms with Crippen LogP contribution >= 0.6 is 0 Å². The molecule has 0 N–H and O–H groups in total. The second kappa shape index (κ2) is 13.3. The number of hydrogen-bond acceptors (Lipinski definition) is 9. The van der Waals surface area contributed by atoms with E-state index < -0.39 is 65.2 Å². The van der Waals surface area contributed by atoms with Crippen molar-refractivity contribution in [2.75, 3.05) is 7.11 Å². The Morgan fingerprint density at radius 2 is 1.48 bits per heavy atom. The number of likely N-dealkylation sites (tertiary alicyclic amines) is 1. The molecule has 1 aromatic rings. The molecular formula is C28H35F3N2O9. The molecule has 3 amide bonds. The smallest absolute Gasteiger partial charge is 0.464 e. The van der Waals surface area contributed by atoms with E-state index in [1.165, 1.54) is 41.5 Å². The van der Waals surface area contributed by atoms with Crippen LogP contribution in [0.2, 0.25) is 0 Å². The maximum Gasteiger partial charge on any atom is 0.471 e. The molecule has 1 heterocycles. The largest absolute Gasteiger partial charge is 0.471 e. The molecule has 11 nitrogen and oxygen atoms in total. The number of carbonyl (C=O) groups is 5. The molecular weight excluding hydrogens is 565 g/mol. The first kappa shape index (κ1) is 34.1. The zero-order chi connectivity index (χ0) is 32.0. The predicted octanol–water partition coefficient (Wildman–Crippen LogP) is 4.88. The molecule has 1 aliphatic heterocycles. The number of hydrogen-bond donors (Lipinski definition) is 0. The van der Waals surface area contributed by atoms with Crippen molar-refractivity contribution in [2.24, 2.45) is 0 Å². The van der Waals surface area contributed by atoms with Gasteiger partial charge < -0.3 is 23.8 Å². The number of ether oxygens (including phenoxy) is 4. The minimum atomic E-state index is -5.40. The Bertz CT molecular complexity index is 1200. The number of halogens is 3. The number of imide groups is 1. The van der Waals surface area contributed by atoms with Crippen LogP contribution in [-0.2, 0) is 39.9 Å². The van der Waals surface area contributed by atoms with E-state index in [2.05, 4.69) is 0 Å². The summed E-state index contributed by atoms with van der Waals surface area (Å²) in [6, 6.07) is 5.05. The van der Waals surface area contributed by atoms with Gasteiger partial charge in [0.1, 0.15) is 29.5 Å². The summed E-state index contributed by atoms with van der Waals surface area (Å²) in [6.45, 7) is 8.60. The van der Waals surface area contributed by atoms with Gasteiger partial charge in [-0.05, 0) is 66.0 Å². The summed E-state index contributed by atoms with van der Waals surface area (Å²) < 4.78 is 61.4. The van der Waals surface area contributed by atoms with Crippen LogP contribution in [-0.4, -0.2) is 76.4 Å². The standard InChI is InChI=1S/C28H35F3N2O9/c1-26(2,3)41-22(35)19-14-13-18(32(19)23(36)28(29,30)31)15-20(21(34)39-7)33(25(38)42-27(4,5)6)24(37)40-16-17-11-9-8-10-12-17/h8-12,15,18-19H,13-14,16H2,1-7H3/b20-15+/t18-,19+/m1/s1. The molecule has 42 heavy (non-hydrogen) atoms. The second-order valence-electron chi connectivity index (χ2n) is 11.3. The SMILES string of the molecule is COC(=O)/C(=C\[C@H]1CC[C@@H](C(=O)OC(C)(C)C)N1C(=O)C(F)(F)F)N(C(=O)OCc1ccccc1)C(=O)OC(C)(C)C. The molecule has 1 aromatic carbocycles. The summed E-state index contributed by atoms with van der Waals surface area (Å²) in [4.78, 5) is 65.0. The summed E-state index contributed by atoms with van der Waals surface area (Å²) >= 11 is 0. The summed E-state index contributed by atoms with van der Waals surface area (Å²) in [5, 5.41) is 0. The Morgan fingerprint density at radius 3 is 1.98 bits per heavy atom. The number of benzene rings is 1. The summed E-state index contributed by atoms with van der Waals surface area (Å²) in [5.74, 6) is -4.80. The summed E-state index contributed by atoms with van der Waals surface area (Å²) in [7, 11) is 0.912. The van der Waals surface area contributed by atoms with Crippen LogP contribution in [0.15, 0.2) is 42.1 Å². The third-order valence-electron chi connectivity index (χ3n) is 5.53. The lowest BCUT2D eigenvalue weighted by Crippen LogP contribution is -2.51. The van der Waals surface area contributed by atoms with E-state index in [0.717, 1.165) is 13.2 Å². The van der Waals surface area contributed by atoms with Gasteiger partial charge in [0.15, 0.2) is 0 Å². The van der Waals surface area contributed by atoms with E-state index in [4.69, 9.17) is 18.9 Å². The highest BCUT2D eigenvalue weighted by atomic mass is 19.4. The molecule has 0 aromatic heterocycles. The van der Waals surface area contributed by atoms with Gasteiger partial charge in [-0.25, -0.2) is 19.2 Å². The molecule has 232 valence electrons. The molecule has 0 radical (unpaired) electrons. The van der Waals surface area contributed by atoms with Gasteiger partial charge in [0.25, 0.3) is 0 Å². The third kappa shape index (κ3) is 9.48. The lowest BCUT2D eigenvalue weighted by atomic mass is 10.1. The topological polar surface area (TPSA) is 129 Å². The van der Waals surface area contributed by atoms with Crippen molar-refractivity contribution in [1.82, 2.24) is 9.80 Å². The Labute approximate surface area is 241 Å². The van der Waals surface area contributed by atoms with Gasteiger partial charge in [0.05, 0.1) is 13.2 Å². The highest BCUT2D eigenvalue weighted by molar-refractivity contribution is 6.01. The van der Waals surface area contributed by atoms with Crippen molar-refractivity contribution >= 4 is 30.0 Å². The van der Waals surface area contributed by atoms with Gasteiger partial charge in [-0.3, -0.25) is 4.79 Å². The zero-order valence-electron chi connectivity index (χ0n) is 24.4. The monoisotopic (exact) mass is 600 g/mol. The van der Waals surface area contributed by atoms with Gasteiger partial charge in [0.2, 0.25) is 0 Å². The molecule has 2 atom stereocenters. The van der Waals surface area contributed by atoms with E-state index in [-0.39, 0.29) is 29.2 Å². The van der Waals surface area contributed by atoms with Crippen LogP contribution in [0.1, 0.15) is 59.9 Å². The summed E-state index contributed by atoms with van der Waals surface area (Å²) in [6.07, 6.45) is -7.95. The number of amides is 3. The number of methoxy groups -OCH3 is 1. The van der Waals surface area contributed by atoms with Gasteiger partial charge in [0, 0.05) is 0 Å². The first-order valence-electron chi connectivity index (χ1n) is 12.9. The molecule has 0 unspecified atom stereocenters. The average molecular weight is 601 g/mol. The van der Waals surface area contributed by atoms with Crippen molar-refractivity contribution in [1.29, 1.82) is 0 Å². The van der Waals surface area contributed by atoms with Gasteiger partial charge in [-0.1, -0.05) is 30.3 Å². The van der Waals surface area contributed by atoms with Crippen molar-refractivity contribution < 1.29 is 56.1 Å². The summed E-state index contributed by atoms with van der Waals surface area (Å²) in [5.41, 5.74) is -2.61. The number of carbonyl (C=O) groups excluding carboxylic acids is 5. The first-order valence-corrected chi connectivity index (χ1v) is 12.9. The van der Waals surface area contributed by atoms with Crippen LogP contribution in [0.4, 0.5) is 22.8 Å². The molecule has 0 spiro atoms. The molecule has 0 aliphatic carbocycles. The first-order chi connectivity index (χ1) is 19.2. The minimum absolute atomic E-state index is 0.178. The highest BCUT2D eigenvalue weighted by Crippen LogP contribution is 2.33. The molecule has 1 aliphatic rings. The van der Waals surface area contributed by atoms with Crippen LogP contribution in [0.3, 0.4) is 0 Å². The number of nitrogens with zero attached hydrogens (tertiary/aromatic N) is 2. The molecule has 14 heteroatoms. The second-order valence-corrected chi connectivity index (χ2v) is 11.3.